The van der Waals surface area contributed by atoms with Crippen molar-refractivity contribution in [1.82, 2.24) is 0 Å². The Kier molecular flexibility index (Phi) is 5.05. The van der Waals surface area contributed by atoms with Crippen LogP contribution >= 0.6 is 0 Å². The van der Waals surface area contributed by atoms with E-state index in [1.807, 2.05) is 0 Å². The Balaban J connectivity index is 4.08. The van der Waals surface area contributed by atoms with Crippen molar-refractivity contribution in [3.63, 3.8) is 0 Å². The van der Waals surface area contributed by atoms with Gasteiger partial charge in [0.15, 0.2) is 0 Å². The third-order valence-electron chi connectivity index (χ3n) is 3.05. The summed E-state index contributed by atoms with van der Waals surface area (Å²) in [6.07, 6.45) is 1.09. The summed E-state index contributed by atoms with van der Waals surface area (Å²) in [5, 5.41) is 0. The maximum Gasteiger partial charge on any atom is -0.0200 e. The van der Waals surface area contributed by atoms with E-state index in [1.54, 1.807) is 0 Å². The molecular weight excluding hydrogens is 156 g/mol. The zero-order valence-electron chi connectivity index (χ0n) is 9.85. The summed E-state index contributed by atoms with van der Waals surface area (Å²) in [4.78, 5) is 0. The van der Waals surface area contributed by atoms with Gasteiger partial charge in [0.25, 0.3) is 0 Å². The molecule has 0 bridgehead atoms. The van der Waals surface area contributed by atoms with Crippen LogP contribution < -0.4 is 0 Å². The van der Waals surface area contributed by atoms with Crippen LogP contribution in [0.2, 0.25) is 0 Å². The average molecular weight is 180 g/mol. The van der Waals surface area contributed by atoms with Crippen molar-refractivity contribution in [3.8, 4) is 0 Å². The highest BCUT2D eigenvalue weighted by molar-refractivity contribution is 5.07. The molecule has 0 nitrogen and oxygen atoms in total. The Morgan fingerprint density at radius 2 is 1.54 bits per heavy atom. The predicted molar refractivity (Wildman–Crippen MR) is 61.7 cm³/mol. The van der Waals surface area contributed by atoms with E-state index >= 15 is 0 Å². The normalized spacial score (nSPS) is 15.5. The fraction of sp³-hybridized carbons (Fsp3) is 0.692. The van der Waals surface area contributed by atoms with E-state index in [0.29, 0.717) is 17.8 Å². The number of allylic oxidation sites excluding steroid dienone is 2. The van der Waals surface area contributed by atoms with Gasteiger partial charge in [-0.3, -0.25) is 0 Å². The van der Waals surface area contributed by atoms with Crippen LogP contribution in [0.3, 0.4) is 0 Å². The van der Waals surface area contributed by atoms with Gasteiger partial charge in [-0.15, -0.1) is 0 Å². The molecule has 0 aromatic carbocycles. The molecular formula is C13H24. The lowest BCUT2D eigenvalue weighted by Crippen LogP contribution is -2.09. The molecule has 0 unspecified atom stereocenters. The van der Waals surface area contributed by atoms with Crippen LogP contribution in [-0.4, -0.2) is 0 Å². The Hall–Kier alpha value is -0.520. The molecule has 76 valence electrons. The van der Waals surface area contributed by atoms with Crippen molar-refractivity contribution in [1.29, 1.82) is 0 Å². The maximum atomic E-state index is 4.16. The van der Waals surface area contributed by atoms with Crippen molar-refractivity contribution < 1.29 is 0 Å². The highest BCUT2D eigenvalue weighted by Crippen LogP contribution is 2.26. The van der Waals surface area contributed by atoms with Crippen molar-refractivity contribution >= 4 is 0 Å². The van der Waals surface area contributed by atoms with Gasteiger partial charge >= 0.3 is 0 Å². The Morgan fingerprint density at radius 1 is 1.08 bits per heavy atom. The zero-order chi connectivity index (χ0) is 10.6. The first-order valence-corrected chi connectivity index (χ1v) is 5.19. The second kappa shape index (κ2) is 5.26. The summed E-state index contributed by atoms with van der Waals surface area (Å²) in [5.41, 5.74) is 2.63. The Bertz CT molecular complexity index is 186. The molecule has 0 aliphatic carbocycles. The van der Waals surface area contributed by atoms with Gasteiger partial charge in [-0.1, -0.05) is 52.0 Å². The van der Waals surface area contributed by atoms with E-state index < -0.39 is 0 Å². The molecule has 0 rings (SSSR count). The van der Waals surface area contributed by atoms with Gasteiger partial charge in [-0.2, -0.15) is 0 Å². The molecule has 2 atom stereocenters. The van der Waals surface area contributed by atoms with Crippen molar-refractivity contribution in [2.45, 2.75) is 41.0 Å². The van der Waals surface area contributed by atoms with Crippen LogP contribution in [-0.2, 0) is 0 Å². The fourth-order valence-corrected chi connectivity index (χ4v) is 1.22. The summed E-state index contributed by atoms with van der Waals surface area (Å²) in [5.74, 6) is 1.90. The SMILES string of the molecule is C=C(C)[C@H](C)CC(=C)[C@@H](C)C(C)C. The van der Waals surface area contributed by atoms with Gasteiger partial charge in [0.05, 0.1) is 0 Å². The minimum Gasteiger partial charge on any atom is -0.0999 e. The minimum atomic E-state index is 0.577. The number of hydrogen-bond acceptors (Lipinski definition) is 0. The summed E-state index contributed by atoms with van der Waals surface area (Å²) < 4.78 is 0. The summed E-state index contributed by atoms with van der Waals surface area (Å²) in [7, 11) is 0. The van der Waals surface area contributed by atoms with E-state index in [4.69, 9.17) is 0 Å². The van der Waals surface area contributed by atoms with E-state index in [9.17, 15) is 0 Å². The number of rotatable bonds is 5. The van der Waals surface area contributed by atoms with Gasteiger partial charge in [-0.25, -0.2) is 0 Å². The smallest absolute Gasteiger partial charge is 0.0200 e. The molecule has 0 heteroatoms. The lowest BCUT2D eigenvalue weighted by molar-refractivity contribution is 0.454. The van der Waals surface area contributed by atoms with Crippen molar-refractivity contribution in [2.75, 3.05) is 0 Å². The second-order valence-electron chi connectivity index (χ2n) is 4.64. The molecule has 0 saturated carbocycles. The molecule has 0 N–H and O–H groups in total. The Morgan fingerprint density at radius 3 is 1.85 bits per heavy atom. The zero-order valence-corrected chi connectivity index (χ0v) is 9.85. The van der Waals surface area contributed by atoms with Gasteiger partial charge in [0, 0.05) is 0 Å². The minimum absolute atomic E-state index is 0.577. The molecule has 0 aliphatic rings. The third kappa shape index (κ3) is 4.31. The van der Waals surface area contributed by atoms with Crippen LogP contribution in [0.5, 0.6) is 0 Å². The van der Waals surface area contributed by atoms with Crippen LogP contribution in [0.15, 0.2) is 24.3 Å². The highest BCUT2D eigenvalue weighted by atomic mass is 14.2. The van der Waals surface area contributed by atoms with E-state index in [1.165, 1.54) is 11.1 Å². The molecule has 0 amide bonds. The monoisotopic (exact) mass is 180 g/mol. The van der Waals surface area contributed by atoms with Crippen molar-refractivity contribution in [2.24, 2.45) is 17.8 Å². The lowest BCUT2D eigenvalue weighted by Gasteiger charge is -2.21. The largest absolute Gasteiger partial charge is 0.0999 e. The fourth-order valence-electron chi connectivity index (χ4n) is 1.22. The third-order valence-corrected chi connectivity index (χ3v) is 3.05. The van der Waals surface area contributed by atoms with Gasteiger partial charge in [0.1, 0.15) is 0 Å². The predicted octanol–water partition coefficient (Wildman–Crippen LogP) is 4.44. The Labute approximate surface area is 83.7 Å². The summed E-state index contributed by atoms with van der Waals surface area (Å²) in [6, 6.07) is 0. The van der Waals surface area contributed by atoms with E-state index in [0.717, 1.165) is 6.42 Å². The van der Waals surface area contributed by atoms with Crippen molar-refractivity contribution in [3.05, 3.63) is 24.3 Å². The van der Waals surface area contributed by atoms with Gasteiger partial charge < -0.3 is 0 Å². The molecule has 0 heterocycles. The molecule has 13 heavy (non-hydrogen) atoms. The topological polar surface area (TPSA) is 0 Å². The molecule has 0 aliphatic heterocycles. The van der Waals surface area contributed by atoms with Crippen LogP contribution in [0.25, 0.3) is 0 Å². The molecule has 0 fully saturated rings. The summed E-state index contributed by atoms with van der Waals surface area (Å²) >= 11 is 0. The van der Waals surface area contributed by atoms with E-state index in [2.05, 4.69) is 47.8 Å². The van der Waals surface area contributed by atoms with Gasteiger partial charge in [0.2, 0.25) is 0 Å². The van der Waals surface area contributed by atoms with Crippen LogP contribution in [0, 0.1) is 17.8 Å². The molecule has 0 aromatic rings. The molecule has 0 aromatic heterocycles. The standard InChI is InChI=1S/C13H24/c1-9(2)11(5)8-12(6)13(7)10(3)4/h10-11,13H,1,6,8H2,2-5,7H3/t11-,13+/m1/s1. The molecule has 0 radical (unpaired) electrons. The first-order chi connectivity index (χ1) is 5.86. The van der Waals surface area contributed by atoms with Crippen LogP contribution in [0.1, 0.15) is 41.0 Å². The number of hydrogen-bond donors (Lipinski definition) is 0. The summed E-state index contributed by atoms with van der Waals surface area (Å²) in [6.45, 7) is 19.2. The highest BCUT2D eigenvalue weighted by Gasteiger charge is 2.13. The first-order valence-electron chi connectivity index (χ1n) is 5.19. The van der Waals surface area contributed by atoms with E-state index in [-0.39, 0.29) is 0 Å². The van der Waals surface area contributed by atoms with Crippen LogP contribution in [0.4, 0.5) is 0 Å². The molecule has 0 saturated heterocycles. The molecule has 0 spiro atoms. The lowest BCUT2D eigenvalue weighted by atomic mass is 9.84. The second-order valence-corrected chi connectivity index (χ2v) is 4.64. The average Bonchev–Trinajstić information content (AvgIpc) is 2.02. The maximum absolute atomic E-state index is 4.16. The quantitative estimate of drug-likeness (QED) is 0.549. The van der Waals surface area contributed by atoms with Gasteiger partial charge in [-0.05, 0) is 31.1 Å². The first kappa shape index (κ1) is 12.5.